The highest BCUT2D eigenvalue weighted by molar-refractivity contribution is 5.12. The van der Waals surface area contributed by atoms with Gasteiger partial charge in [-0.3, -0.25) is 0 Å². The van der Waals surface area contributed by atoms with Crippen molar-refractivity contribution < 1.29 is 0 Å². The lowest BCUT2D eigenvalue weighted by Gasteiger charge is -2.12. The van der Waals surface area contributed by atoms with Crippen LogP contribution >= 0.6 is 0 Å². The van der Waals surface area contributed by atoms with E-state index in [2.05, 4.69) is 30.6 Å². The second kappa shape index (κ2) is 4.15. The molecule has 56 valence electrons. The molecule has 0 bridgehead atoms. The molecule has 0 amide bonds. The topological polar surface area (TPSA) is 12.0 Å². The van der Waals surface area contributed by atoms with Crippen molar-refractivity contribution in [2.45, 2.75) is 32.6 Å². The molecule has 0 aliphatic heterocycles. The normalized spacial score (nSPS) is 16.7. The lowest BCUT2D eigenvalue weighted by Crippen LogP contribution is -2.09. The van der Waals surface area contributed by atoms with Gasteiger partial charge in [-0.2, -0.15) is 0 Å². The van der Waals surface area contributed by atoms with Gasteiger partial charge >= 0.3 is 0 Å². The van der Waals surface area contributed by atoms with E-state index < -0.39 is 0 Å². The van der Waals surface area contributed by atoms with Crippen LogP contribution in [0.1, 0.15) is 32.6 Å². The van der Waals surface area contributed by atoms with Crippen LogP contribution in [-0.4, -0.2) is 0 Å². The van der Waals surface area contributed by atoms with E-state index in [1.165, 1.54) is 31.4 Å². The maximum Gasteiger partial charge on any atom is 0.0109 e. The third-order valence-corrected chi connectivity index (χ3v) is 1.65. The summed E-state index contributed by atoms with van der Waals surface area (Å²) in [7, 11) is 0. The Bertz CT molecular complexity index is 145. The fourth-order valence-electron chi connectivity index (χ4n) is 0.836. The van der Waals surface area contributed by atoms with E-state index in [1.54, 1.807) is 0 Å². The molecule has 0 fully saturated rings. The van der Waals surface area contributed by atoms with Gasteiger partial charge in [0.15, 0.2) is 0 Å². The predicted octanol–water partition coefficient (Wildman–Crippen LogP) is 2.57. The predicted molar refractivity (Wildman–Crippen MR) is 44.5 cm³/mol. The lowest BCUT2D eigenvalue weighted by molar-refractivity contribution is 0.789. The molecule has 0 atom stereocenters. The molecule has 0 aromatic heterocycles. The molecule has 1 nitrogen and oxygen atoms in total. The zero-order valence-electron chi connectivity index (χ0n) is 6.56. The van der Waals surface area contributed by atoms with E-state index in [0.29, 0.717) is 0 Å². The van der Waals surface area contributed by atoms with E-state index in [1.807, 2.05) is 0 Å². The first-order valence-corrected chi connectivity index (χ1v) is 4.04. The summed E-state index contributed by atoms with van der Waals surface area (Å²) in [5, 5.41) is 3.23. The van der Waals surface area contributed by atoms with Crippen LogP contribution in [0.2, 0.25) is 0 Å². The number of allylic oxidation sites excluding steroid dienone is 3. The van der Waals surface area contributed by atoms with Gasteiger partial charge in [0, 0.05) is 5.70 Å². The summed E-state index contributed by atoms with van der Waals surface area (Å²) in [6.45, 7) is 2.19. The van der Waals surface area contributed by atoms with Crippen LogP contribution in [-0.2, 0) is 0 Å². The van der Waals surface area contributed by atoms with E-state index in [0.717, 1.165) is 0 Å². The summed E-state index contributed by atoms with van der Waals surface area (Å²) in [6, 6.07) is 0. The van der Waals surface area contributed by atoms with Gasteiger partial charge in [-0.25, -0.2) is 0 Å². The smallest absolute Gasteiger partial charge is 0.0109 e. The molecule has 10 heavy (non-hydrogen) atoms. The first-order chi connectivity index (χ1) is 4.93. The number of hydrogen-bond donors (Lipinski definition) is 1. The second-order valence-electron chi connectivity index (χ2n) is 2.60. The molecule has 0 aromatic rings. The van der Waals surface area contributed by atoms with Gasteiger partial charge in [-0.1, -0.05) is 25.5 Å². The Labute approximate surface area is 62.8 Å². The van der Waals surface area contributed by atoms with E-state index in [-0.39, 0.29) is 0 Å². The van der Waals surface area contributed by atoms with Crippen molar-refractivity contribution in [1.29, 1.82) is 0 Å². The molecule has 1 heteroatoms. The van der Waals surface area contributed by atoms with Gasteiger partial charge in [0.1, 0.15) is 0 Å². The van der Waals surface area contributed by atoms with Crippen molar-refractivity contribution in [3.05, 3.63) is 24.0 Å². The average Bonchev–Trinajstić information content (AvgIpc) is 1.84. The van der Waals surface area contributed by atoms with Crippen molar-refractivity contribution in [3.8, 4) is 0 Å². The molecular weight excluding hydrogens is 122 g/mol. The van der Waals surface area contributed by atoms with Crippen molar-refractivity contribution in [3.63, 3.8) is 0 Å². The van der Waals surface area contributed by atoms with Crippen LogP contribution in [0.4, 0.5) is 0 Å². The summed E-state index contributed by atoms with van der Waals surface area (Å²) in [6.07, 6.45) is 11.4. The highest BCUT2D eigenvalue weighted by Crippen LogP contribution is 2.13. The van der Waals surface area contributed by atoms with Crippen molar-refractivity contribution in [2.24, 2.45) is 0 Å². The van der Waals surface area contributed by atoms with Gasteiger partial charge in [-0.05, 0) is 25.5 Å². The van der Waals surface area contributed by atoms with Gasteiger partial charge in [0.05, 0.1) is 0 Å². The maximum atomic E-state index is 3.23. The first-order valence-electron chi connectivity index (χ1n) is 4.04. The SMILES string of the molecule is CCCC=CNC1=CCC1. The Morgan fingerprint density at radius 3 is 3.00 bits per heavy atom. The maximum absolute atomic E-state index is 3.23. The van der Waals surface area contributed by atoms with E-state index >= 15 is 0 Å². The zero-order chi connectivity index (χ0) is 7.23. The number of hydrogen-bond acceptors (Lipinski definition) is 1. The third kappa shape index (κ3) is 2.26. The molecule has 0 unspecified atom stereocenters. The van der Waals surface area contributed by atoms with E-state index in [9.17, 15) is 0 Å². The van der Waals surface area contributed by atoms with Crippen molar-refractivity contribution in [2.75, 3.05) is 0 Å². The van der Waals surface area contributed by atoms with Crippen LogP contribution in [0, 0.1) is 0 Å². The summed E-state index contributed by atoms with van der Waals surface area (Å²) in [5.74, 6) is 0. The van der Waals surface area contributed by atoms with Crippen LogP contribution in [0.3, 0.4) is 0 Å². The molecule has 0 radical (unpaired) electrons. The van der Waals surface area contributed by atoms with Gasteiger partial charge in [0.25, 0.3) is 0 Å². The fourth-order valence-corrected chi connectivity index (χ4v) is 0.836. The van der Waals surface area contributed by atoms with Crippen LogP contribution in [0.5, 0.6) is 0 Å². The largest absolute Gasteiger partial charge is 0.366 e. The van der Waals surface area contributed by atoms with E-state index in [4.69, 9.17) is 0 Å². The molecule has 1 aliphatic rings. The Kier molecular flexibility index (Phi) is 3.07. The number of rotatable bonds is 4. The minimum atomic E-state index is 1.18. The number of unbranched alkanes of at least 4 members (excludes halogenated alkanes) is 1. The molecular formula is C9H15N. The van der Waals surface area contributed by atoms with Gasteiger partial charge < -0.3 is 5.32 Å². The Hall–Kier alpha value is -0.720. The summed E-state index contributed by atoms with van der Waals surface area (Å²) in [4.78, 5) is 0. The molecule has 0 saturated heterocycles. The quantitative estimate of drug-likeness (QED) is 0.628. The molecule has 1 rings (SSSR count). The standard InChI is InChI=1S/C9H15N/c1-2-3-4-8-10-9-6-5-7-9/h4,6,8,10H,2-3,5,7H2,1H3. The monoisotopic (exact) mass is 137 g/mol. The minimum Gasteiger partial charge on any atom is -0.366 e. The molecule has 1 N–H and O–H groups in total. The van der Waals surface area contributed by atoms with Crippen LogP contribution in [0.25, 0.3) is 0 Å². The molecule has 1 aliphatic carbocycles. The third-order valence-electron chi connectivity index (χ3n) is 1.65. The highest BCUT2D eigenvalue weighted by atomic mass is 14.9. The summed E-state index contributed by atoms with van der Waals surface area (Å²) >= 11 is 0. The number of nitrogens with one attached hydrogen (secondary N) is 1. The van der Waals surface area contributed by atoms with Crippen molar-refractivity contribution in [1.82, 2.24) is 5.32 Å². The van der Waals surface area contributed by atoms with Crippen molar-refractivity contribution >= 4 is 0 Å². The average molecular weight is 137 g/mol. The molecule has 0 saturated carbocycles. The lowest BCUT2D eigenvalue weighted by atomic mass is 10.1. The molecule has 0 heterocycles. The molecule has 0 aromatic carbocycles. The highest BCUT2D eigenvalue weighted by Gasteiger charge is 2.00. The Morgan fingerprint density at radius 2 is 2.50 bits per heavy atom. The van der Waals surface area contributed by atoms with Gasteiger partial charge in [-0.15, -0.1) is 0 Å². The molecule has 0 spiro atoms. The Morgan fingerprint density at radius 1 is 1.70 bits per heavy atom. The fraction of sp³-hybridized carbons (Fsp3) is 0.556. The zero-order valence-corrected chi connectivity index (χ0v) is 6.56. The van der Waals surface area contributed by atoms with Gasteiger partial charge in [0.2, 0.25) is 0 Å². The van der Waals surface area contributed by atoms with Crippen LogP contribution in [0.15, 0.2) is 24.0 Å². The van der Waals surface area contributed by atoms with Crippen LogP contribution < -0.4 is 5.32 Å². The summed E-state index contributed by atoms with van der Waals surface area (Å²) < 4.78 is 0. The Balaban J connectivity index is 2.03. The summed E-state index contributed by atoms with van der Waals surface area (Å²) in [5.41, 5.74) is 1.38. The minimum absolute atomic E-state index is 1.18. The second-order valence-corrected chi connectivity index (χ2v) is 2.60. The first kappa shape index (κ1) is 7.39.